The third kappa shape index (κ3) is 7.83. The van der Waals surface area contributed by atoms with Crippen LogP contribution in [0.4, 0.5) is 15.6 Å². The Morgan fingerprint density at radius 2 is 2.09 bits per heavy atom. The minimum atomic E-state index is -0.572. The highest BCUT2D eigenvalue weighted by molar-refractivity contribution is 8.00. The molecule has 0 bridgehead atoms. The number of anilines is 2. The molecule has 180 valence electrons. The van der Waals surface area contributed by atoms with E-state index in [1.54, 1.807) is 23.9 Å². The highest BCUT2D eigenvalue weighted by atomic mass is 32.2. The summed E-state index contributed by atoms with van der Waals surface area (Å²) < 4.78 is 6.40. The predicted octanol–water partition coefficient (Wildman–Crippen LogP) is 5.06. The second-order valence-electron chi connectivity index (χ2n) is 7.88. The third-order valence-electron chi connectivity index (χ3n) is 3.90. The number of urea groups is 1. The number of aromatic nitrogens is 1. The van der Waals surface area contributed by atoms with E-state index >= 15 is 0 Å². The lowest BCUT2D eigenvalue weighted by Crippen LogP contribution is -2.31. The van der Waals surface area contributed by atoms with Crippen molar-refractivity contribution >= 4 is 63.4 Å². The van der Waals surface area contributed by atoms with Gasteiger partial charge < -0.3 is 15.8 Å². The minimum absolute atomic E-state index is 0.183. The van der Waals surface area contributed by atoms with Gasteiger partial charge >= 0.3 is 6.03 Å². The molecule has 0 unspecified atom stereocenters. The number of hydrogen-bond acceptors (Lipinski definition) is 9. The van der Waals surface area contributed by atoms with Gasteiger partial charge in [-0.25, -0.2) is 15.3 Å². The number of nitrogens with two attached hydrogens (primary N) is 1. The molecule has 0 atom stereocenters. The number of nitrogens with zero attached hydrogens (tertiary/aromatic N) is 2. The number of aliphatic imine (C=N–C) groups is 1. The van der Waals surface area contributed by atoms with Crippen LogP contribution >= 0.6 is 34.4 Å². The van der Waals surface area contributed by atoms with E-state index in [0.717, 1.165) is 26.0 Å². The number of carbonyl (C=O) groups excluding carboxylic acids is 2. The monoisotopic (exact) mass is 519 g/mol. The maximum Gasteiger partial charge on any atom is 0.364 e. The van der Waals surface area contributed by atoms with Crippen LogP contribution in [0.25, 0.3) is 11.3 Å². The number of thioether (sulfide) groups is 1. The summed E-state index contributed by atoms with van der Waals surface area (Å²) in [5.41, 5.74) is 9.50. The number of carbonyl (C=O) groups is 2. The highest BCUT2D eigenvalue weighted by Gasteiger charge is 2.15. The molecule has 0 aliphatic carbocycles. The summed E-state index contributed by atoms with van der Waals surface area (Å²) in [5, 5.41) is 5.91. The van der Waals surface area contributed by atoms with Crippen molar-refractivity contribution < 1.29 is 19.2 Å². The fourth-order valence-electron chi connectivity index (χ4n) is 2.53. The zero-order valence-electron chi connectivity index (χ0n) is 19.1. The molecule has 9 nitrogen and oxygen atoms in total. The number of thiophene rings is 1. The van der Waals surface area contributed by atoms with E-state index in [-0.39, 0.29) is 6.61 Å². The number of primary amides is 1. The number of thiazole rings is 1. The molecule has 0 saturated heterocycles. The van der Waals surface area contributed by atoms with E-state index in [0.29, 0.717) is 10.9 Å². The van der Waals surface area contributed by atoms with Gasteiger partial charge in [0.2, 0.25) is 0 Å². The van der Waals surface area contributed by atoms with Crippen molar-refractivity contribution in [1.82, 2.24) is 10.5 Å². The Kier molecular flexibility index (Phi) is 8.67. The van der Waals surface area contributed by atoms with Crippen molar-refractivity contribution in [1.29, 1.82) is 0 Å². The number of hydroxylamine groups is 1. The molecule has 12 heteroatoms. The second-order valence-corrected chi connectivity index (χ2v) is 10.9. The normalized spacial score (nSPS) is 11.5. The zero-order valence-corrected chi connectivity index (χ0v) is 21.5. The quantitative estimate of drug-likeness (QED) is 0.205. The molecule has 3 amide bonds. The lowest BCUT2D eigenvalue weighted by Gasteiger charge is -2.17. The smallest absolute Gasteiger partial charge is 0.364 e. The molecule has 0 aliphatic heterocycles. The maximum absolute atomic E-state index is 11.9. The average molecular weight is 520 g/mol. The summed E-state index contributed by atoms with van der Waals surface area (Å²) in [5.74, 6) is -0.00415. The summed E-state index contributed by atoms with van der Waals surface area (Å²) >= 11 is 4.59. The topological polar surface area (TPSA) is 128 Å². The van der Waals surface area contributed by atoms with E-state index in [1.165, 1.54) is 28.9 Å². The minimum Gasteiger partial charge on any atom is -0.484 e. The van der Waals surface area contributed by atoms with Crippen LogP contribution < -0.4 is 21.3 Å². The number of benzene rings is 1. The molecule has 2 heterocycles. The van der Waals surface area contributed by atoms with Crippen LogP contribution in [-0.4, -0.2) is 41.6 Å². The van der Waals surface area contributed by atoms with Gasteiger partial charge in [-0.3, -0.25) is 9.63 Å². The van der Waals surface area contributed by atoms with E-state index < -0.39 is 17.5 Å². The Hall–Kier alpha value is -2.93. The average Bonchev–Trinajstić information content (AvgIpc) is 3.41. The Labute approximate surface area is 209 Å². The standard InChI is InChI=1S/C22H25N5O4S3/c1-22(2,3)31-27-20(29)24-10-15-9-16(19(32-4)34-15)17-12-33-21(26-17)25-13-6-5-7-14(8-13)30-11-18(23)28/h5-10,12H,11H2,1-4H3,(H2,23,28)(H,25,26)(H,27,29). The second kappa shape index (κ2) is 11.5. The first-order chi connectivity index (χ1) is 16.1. The summed E-state index contributed by atoms with van der Waals surface area (Å²) in [7, 11) is 0. The number of nitrogens with one attached hydrogen (secondary N) is 2. The molecule has 0 spiro atoms. The summed E-state index contributed by atoms with van der Waals surface area (Å²) in [6, 6.07) is 8.58. The number of amides is 3. The molecular formula is C22H25N5O4S3. The van der Waals surface area contributed by atoms with E-state index in [9.17, 15) is 9.59 Å². The van der Waals surface area contributed by atoms with Crippen molar-refractivity contribution in [2.45, 2.75) is 30.6 Å². The first-order valence-electron chi connectivity index (χ1n) is 10.1. The van der Waals surface area contributed by atoms with Gasteiger partial charge in [0.15, 0.2) is 11.7 Å². The lowest BCUT2D eigenvalue weighted by molar-refractivity contribution is -0.119. The van der Waals surface area contributed by atoms with Crippen LogP contribution in [0.3, 0.4) is 0 Å². The molecule has 0 saturated carbocycles. The maximum atomic E-state index is 11.9. The predicted molar refractivity (Wildman–Crippen MR) is 139 cm³/mol. The van der Waals surface area contributed by atoms with Gasteiger partial charge in [0.1, 0.15) is 5.75 Å². The molecular weight excluding hydrogens is 494 g/mol. The molecule has 3 aromatic rings. The lowest BCUT2D eigenvalue weighted by atomic mass is 10.2. The Morgan fingerprint density at radius 3 is 2.79 bits per heavy atom. The van der Waals surface area contributed by atoms with Crippen molar-refractivity contribution in [3.8, 4) is 17.0 Å². The first-order valence-corrected chi connectivity index (χ1v) is 13.0. The van der Waals surface area contributed by atoms with Gasteiger partial charge in [-0.2, -0.15) is 4.99 Å². The van der Waals surface area contributed by atoms with Crippen molar-refractivity contribution in [2.75, 3.05) is 18.2 Å². The number of rotatable bonds is 9. The fraction of sp³-hybridized carbons (Fsp3) is 0.273. The summed E-state index contributed by atoms with van der Waals surface area (Å²) in [4.78, 5) is 37.5. The van der Waals surface area contributed by atoms with Crippen molar-refractivity contribution in [3.05, 3.63) is 40.6 Å². The van der Waals surface area contributed by atoms with E-state index in [1.807, 2.05) is 50.6 Å². The van der Waals surface area contributed by atoms with E-state index in [4.69, 9.17) is 20.3 Å². The van der Waals surface area contributed by atoms with Crippen molar-refractivity contribution in [3.63, 3.8) is 0 Å². The van der Waals surface area contributed by atoms with Gasteiger partial charge in [0.25, 0.3) is 5.91 Å². The molecule has 3 rings (SSSR count). The molecule has 0 radical (unpaired) electrons. The highest BCUT2D eigenvalue weighted by Crippen LogP contribution is 2.38. The third-order valence-corrected chi connectivity index (χ3v) is 6.87. The van der Waals surface area contributed by atoms with Crippen LogP contribution in [0.2, 0.25) is 0 Å². The van der Waals surface area contributed by atoms with Gasteiger partial charge in [-0.1, -0.05) is 6.07 Å². The molecule has 2 aromatic heterocycles. The summed E-state index contributed by atoms with van der Waals surface area (Å²) in [6.45, 7) is 5.31. The molecule has 4 N–H and O–H groups in total. The van der Waals surface area contributed by atoms with E-state index in [2.05, 4.69) is 15.8 Å². The summed E-state index contributed by atoms with van der Waals surface area (Å²) in [6.07, 6.45) is 3.50. The van der Waals surface area contributed by atoms with Gasteiger partial charge in [-0.05, 0) is 45.2 Å². The van der Waals surface area contributed by atoms with Gasteiger partial charge in [-0.15, -0.1) is 34.4 Å². The Morgan fingerprint density at radius 1 is 1.29 bits per heavy atom. The van der Waals surface area contributed by atoms with Crippen LogP contribution in [-0.2, 0) is 9.63 Å². The van der Waals surface area contributed by atoms with Crippen LogP contribution in [0.5, 0.6) is 5.75 Å². The zero-order chi connectivity index (χ0) is 24.7. The molecule has 0 fully saturated rings. The largest absolute Gasteiger partial charge is 0.484 e. The molecule has 0 aliphatic rings. The molecule has 1 aromatic carbocycles. The van der Waals surface area contributed by atoms with Crippen LogP contribution in [0.15, 0.2) is 44.9 Å². The SMILES string of the molecule is CSc1sc(C=NC(=O)NOC(C)(C)C)cc1-c1csc(Nc2cccc(OCC(N)=O)c2)n1. The van der Waals surface area contributed by atoms with Crippen LogP contribution in [0, 0.1) is 0 Å². The van der Waals surface area contributed by atoms with Crippen molar-refractivity contribution in [2.24, 2.45) is 10.7 Å². The number of hydrogen-bond donors (Lipinski definition) is 3. The molecule has 34 heavy (non-hydrogen) atoms. The number of ether oxygens (including phenoxy) is 1. The van der Waals surface area contributed by atoms with Crippen LogP contribution in [0.1, 0.15) is 25.6 Å². The Bertz CT molecular complexity index is 1180. The van der Waals surface area contributed by atoms with Gasteiger partial charge in [0, 0.05) is 33.8 Å². The first kappa shape index (κ1) is 25.7. The van der Waals surface area contributed by atoms with Gasteiger partial charge in [0.05, 0.1) is 15.5 Å². The fourth-order valence-corrected chi connectivity index (χ4v) is 5.03. The Balaban J connectivity index is 1.69.